The summed E-state index contributed by atoms with van der Waals surface area (Å²) in [6, 6.07) is 15.2. The van der Waals surface area contributed by atoms with E-state index in [0.29, 0.717) is 70.1 Å². The molecular formula is C42H47N7O6. The number of carbonyl (C=O) groups excluding carboxylic acids is 6. The van der Waals surface area contributed by atoms with E-state index in [-0.39, 0.29) is 66.9 Å². The summed E-state index contributed by atoms with van der Waals surface area (Å²) >= 11 is 0. The Bertz CT molecular complexity index is 1970. The van der Waals surface area contributed by atoms with Gasteiger partial charge in [-0.15, -0.1) is 0 Å². The molecule has 0 aliphatic carbocycles. The first kappa shape index (κ1) is 37.8. The van der Waals surface area contributed by atoms with Crippen LogP contribution in [0.1, 0.15) is 97.2 Å². The molecule has 13 heteroatoms. The van der Waals surface area contributed by atoms with Crippen molar-refractivity contribution in [1.82, 2.24) is 24.9 Å². The Balaban J connectivity index is 0.867. The SMILES string of the molecule is N#C[C@@H]1CN(C(=O)[C@@H]2CC[C@@H]3CCN(C(=O)CCCCCC#Cc4cccc5c4CN(C4CCC(=O)NC4=O)C5=O)C[C@H](N)C(=O)N32)C[C@H]1c1ccccc1. The molecule has 0 aromatic heterocycles. The van der Waals surface area contributed by atoms with E-state index in [2.05, 4.69) is 23.2 Å². The number of nitrogens with one attached hydrogen (secondary N) is 1. The Labute approximate surface area is 321 Å². The molecule has 5 aliphatic rings. The molecule has 7 rings (SSSR count). The number of piperidine rings is 1. The number of imide groups is 1. The number of nitrogens with zero attached hydrogens (tertiary/aromatic N) is 5. The van der Waals surface area contributed by atoms with Crippen molar-refractivity contribution in [2.24, 2.45) is 11.7 Å². The Kier molecular flexibility index (Phi) is 11.3. The average Bonchev–Trinajstić information content (AvgIpc) is 3.91. The molecule has 6 atom stereocenters. The number of carbonyl (C=O) groups is 6. The molecule has 4 saturated heterocycles. The predicted molar refractivity (Wildman–Crippen MR) is 200 cm³/mol. The molecule has 55 heavy (non-hydrogen) atoms. The van der Waals surface area contributed by atoms with E-state index < -0.39 is 24.0 Å². The van der Waals surface area contributed by atoms with E-state index in [4.69, 9.17) is 5.73 Å². The number of nitrogens with two attached hydrogens (primary N) is 1. The molecule has 2 aromatic carbocycles. The van der Waals surface area contributed by atoms with Gasteiger partial charge in [0.15, 0.2) is 0 Å². The molecule has 0 bridgehead atoms. The lowest BCUT2D eigenvalue weighted by Gasteiger charge is -2.38. The second-order valence-electron chi connectivity index (χ2n) is 15.3. The van der Waals surface area contributed by atoms with Gasteiger partial charge < -0.3 is 25.3 Å². The Hall–Kier alpha value is -5.53. The van der Waals surface area contributed by atoms with Crippen LogP contribution in [0.2, 0.25) is 0 Å². The number of likely N-dealkylation sites (tertiary alicyclic amines) is 1. The number of rotatable bonds is 8. The summed E-state index contributed by atoms with van der Waals surface area (Å²) in [6.45, 7) is 1.62. The zero-order valence-electron chi connectivity index (χ0n) is 31.0. The van der Waals surface area contributed by atoms with Gasteiger partial charge in [-0.2, -0.15) is 5.26 Å². The fraction of sp³-hybridized carbons (Fsp3) is 0.500. The van der Waals surface area contributed by atoms with Gasteiger partial charge in [0, 0.05) is 75.1 Å². The van der Waals surface area contributed by atoms with Crippen LogP contribution in [0, 0.1) is 29.1 Å². The number of fused-ring (bicyclic) bond motifs is 2. The van der Waals surface area contributed by atoms with Crippen molar-refractivity contribution in [3.05, 3.63) is 70.8 Å². The molecule has 5 aliphatic heterocycles. The predicted octanol–water partition coefficient (Wildman–Crippen LogP) is 2.43. The van der Waals surface area contributed by atoms with Gasteiger partial charge in [0.05, 0.1) is 12.0 Å². The van der Waals surface area contributed by atoms with Gasteiger partial charge in [-0.1, -0.05) is 54.7 Å². The van der Waals surface area contributed by atoms with Gasteiger partial charge in [0.25, 0.3) is 5.91 Å². The van der Waals surface area contributed by atoms with Crippen LogP contribution in [-0.4, -0.2) is 105 Å². The summed E-state index contributed by atoms with van der Waals surface area (Å²) in [5, 5.41) is 12.2. The molecule has 286 valence electrons. The average molecular weight is 746 g/mol. The van der Waals surface area contributed by atoms with Crippen molar-refractivity contribution in [3.63, 3.8) is 0 Å². The van der Waals surface area contributed by atoms with Crippen LogP contribution >= 0.6 is 0 Å². The summed E-state index contributed by atoms with van der Waals surface area (Å²) in [5.41, 5.74) is 9.53. The van der Waals surface area contributed by atoms with E-state index in [1.807, 2.05) is 36.4 Å². The maximum absolute atomic E-state index is 13.9. The quantitative estimate of drug-likeness (QED) is 0.235. The largest absolute Gasteiger partial charge is 0.341 e. The molecule has 4 fully saturated rings. The molecule has 1 unspecified atom stereocenters. The summed E-state index contributed by atoms with van der Waals surface area (Å²) in [6.07, 6.45) is 5.50. The summed E-state index contributed by atoms with van der Waals surface area (Å²) in [5.74, 6) is 4.55. The number of benzene rings is 2. The highest BCUT2D eigenvalue weighted by molar-refractivity contribution is 6.05. The monoisotopic (exact) mass is 745 g/mol. The van der Waals surface area contributed by atoms with Crippen LogP contribution in [0.3, 0.4) is 0 Å². The van der Waals surface area contributed by atoms with Crippen LogP contribution < -0.4 is 11.1 Å². The second kappa shape index (κ2) is 16.5. The number of nitriles is 1. The van der Waals surface area contributed by atoms with Crippen molar-refractivity contribution >= 4 is 35.4 Å². The van der Waals surface area contributed by atoms with Crippen LogP contribution in [0.5, 0.6) is 0 Å². The third-order valence-corrected chi connectivity index (χ3v) is 11.9. The molecule has 2 aromatic rings. The summed E-state index contributed by atoms with van der Waals surface area (Å²) < 4.78 is 0. The van der Waals surface area contributed by atoms with Crippen molar-refractivity contribution in [3.8, 4) is 17.9 Å². The summed E-state index contributed by atoms with van der Waals surface area (Å²) in [7, 11) is 0. The lowest BCUT2D eigenvalue weighted by atomic mass is 9.90. The lowest BCUT2D eigenvalue weighted by molar-refractivity contribution is -0.148. The Morgan fingerprint density at radius 1 is 0.891 bits per heavy atom. The minimum absolute atomic E-state index is 0.0370. The highest BCUT2D eigenvalue weighted by Gasteiger charge is 2.47. The molecular weight excluding hydrogens is 699 g/mol. The van der Waals surface area contributed by atoms with Crippen LogP contribution in [0.15, 0.2) is 48.5 Å². The van der Waals surface area contributed by atoms with Gasteiger partial charge in [0.1, 0.15) is 18.1 Å². The first-order valence-electron chi connectivity index (χ1n) is 19.5. The topological polar surface area (TPSA) is 177 Å². The van der Waals surface area contributed by atoms with Crippen molar-refractivity contribution in [2.45, 2.75) is 101 Å². The minimum Gasteiger partial charge on any atom is -0.341 e. The standard InChI is InChI=1S/C42H47N7O6/c43-22-29-23-47(24-32(29)27-10-6-4-7-11-27)42(55)36-17-16-30-20-21-46(26-34(44)41(54)49(30)36)38(51)15-8-3-1-2-5-12-28-13-9-14-31-33(28)25-48(40(31)53)35-18-19-37(50)45-39(35)52/h4,6-7,9-11,13-14,29-30,32,34-36H,1-3,8,15-21,23-26,44H2,(H,45,50,52)/t29-,30-,32+,34+,35?,36+/m1/s1. The molecule has 0 saturated carbocycles. The number of unbranched alkanes of at least 4 members (excludes halogenated alkanes) is 3. The molecule has 5 heterocycles. The van der Waals surface area contributed by atoms with Crippen LogP contribution in [0.25, 0.3) is 0 Å². The first-order chi connectivity index (χ1) is 26.6. The van der Waals surface area contributed by atoms with Crippen LogP contribution in [-0.2, 0) is 30.5 Å². The van der Waals surface area contributed by atoms with E-state index in [9.17, 15) is 34.0 Å². The Morgan fingerprint density at radius 3 is 2.49 bits per heavy atom. The van der Waals surface area contributed by atoms with Gasteiger partial charge >= 0.3 is 0 Å². The van der Waals surface area contributed by atoms with Gasteiger partial charge in [-0.3, -0.25) is 34.1 Å². The maximum atomic E-state index is 13.9. The molecule has 0 radical (unpaired) electrons. The molecule has 3 N–H and O–H groups in total. The zero-order chi connectivity index (χ0) is 38.6. The molecule has 0 spiro atoms. The van der Waals surface area contributed by atoms with E-state index in [1.54, 1.807) is 26.8 Å². The highest BCUT2D eigenvalue weighted by Crippen LogP contribution is 2.36. The number of amides is 6. The number of hydrogen-bond acceptors (Lipinski definition) is 8. The van der Waals surface area contributed by atoms with Gasteiger partial charge in [0.2, 0.25) is 29.5 Å². The zero-order valence-corrected chi connectivity index (χ0v) is 31.0. The van der Waals surface area contributed by atoms with E-state index in [1.165, 1.54) is 4.90 Å². The lowest BCUT2D eigenvalue weighted by Crippen LogP contribution is -2.59. The van der Waals surface area contributed by atoms with E-state index in [0.717, 1.165) is 29.5 Å². The minimum atomic E-state index is -0.927. The first-order valence-corrected chi connectivity index (χ1v) is 19.5. The third-order valence-electron chi connectivity index (χ3n) is 11.9. The highest BCUT2D eigenvalue weighted by atomic mass is 16.2. The van der Waals surface area contributed by atoms with Crippen molar-refractivity contribution in [2.75, 3.05) is 26.2 Å². The molecule has 13 nitrogen and oxygen atoms in total. The third kappa shape index (κ3) is 7.85. The normalized spacial score (nSPS) is 26.4. The fourth-order valence-corrected chi connectivity index (χ4v) is 8.92. The van der Waals surface area contributed by atoms with Crippen molar-refractivity contribution in [1.29, 1.82) is 5.26 Å². The molecule has 6 amide bonds. The second-order valence-corrected chi connectivity index (χ2v) is 15.3. The maximum Gasteiger partial charge on any atom is 0.255 e. The Morgan fingerprint density at radius 2 is 1.71 bits per heavy atom. The fourth-order valence-electron chi connectivity index (χ4n) is 8.92. The van der Waals surface area contributed by atoms with Crippen LogP contribution in [0.4, 0.5) is 0 Å². The summed E-state index contributed by atoms with van der Waals surface area (Å²) in [4.78, 5) is 84.6. The smallest absolute Gasteiger partial charge is 0.255 e. The van der Waals surface area contributed by atoms with Gasteiger partial charge in [-0.25, -0.2) is 0 Å². The van der Waals surface area contributed by atoms with E-state index >= 15 is 0 Å². The van der Waals surface area contributed by atoms with Gasteiger partial charge in [-0.05, 0) is 61.8 Å². The van der Waals surface area contributed by atoms with Crippen molar-refractivity contribution < 1.29 is 28.8 Å². The number of hydrogen-bond donors (Lipinski definition) is 2.